The Kier molecular flexibility index (Phi) is 7.14. The second-order valence-corrected chi connectivity index (χ2v) is 5.58. The van der Waals surface area contributed by atoms with Gasteiger partial charge in [0.25, 0.3) is 0 Å². The Balaban J connectivity index is 2.53. The normalized spacial score (nSPS) is 9.89. The van der Waals surface area contributed by atoms with E-state index in [0.29, 0.717) is 0 Å². The Morgan fingerprint density at radius 3 is 2.74 bits per heavy atom. The van der Waals surface area contributed by atoms with E-state index < -0.39 is 5.97 Å². The van der Waals surface area contributed by atoms with Crippen molar-refractivity contribution in [1.82, 2.24) is 0 Å². The van der Waals surface area contributed by atoms with Gasteiger partial charge in [-0.05, 0) is 12.1 Å². The molecule has 1 amide bonds. The lowest BCUT2D eigenvalue weighted by Gasteiger charge is -2.09. The zero-order valence-corrected chi connectivity index (χ0v) is 11.9. The number of anilines is 1. The predicted molar refractivity (Wildman–Crippen MR) is 81.0 cm³/mol. The highest BCUT2D eigenvalue weighted by Gasteiger charge is 2.07. The van der Waals surface area contributed by atoms with Gasteiger partial charge in [-0.2, -0.15) is 0 Å². The van der Waals surface area contributed by atoms with Crippen molar-refractivity contribution in [1.29, 1.82) is 0 Å². The molecule has 0 saturated heterocycles. The molecule has 0 atom stereocenters. The summed E-state index contributed by atoms with van der Waals surface area (Å²) in [5.74, 6) is -0.286. The second-order valence-electron chi connectivity index (χ2n) is 3.53. The number of para-hydroxylation sites is 1. The number of hydrogen-bond donors (Lipinski definition) is 2. The molecule has 1 rings (SSSR count). The number of amides is 1. The van der Waals surface area contributed by atoms with E-state index in [4.69, 9.17) is 5.11 Å². The molecule has 4 nitrogen and oxygen atoms in total. The molecule has 0 aliphatic rings. The van der Waals surface area contributed by atoms with Crippen LogP contribution < -0.4 is 5.32 Å². The Hall–Kier alpha value is -1.40. The molecule has 0 bridgehead atoms. The van der Waals surface area contributed by atoms with Gasteiger partial charge in [-0.15, -0.1) is 30.1 Å². The number of carboxylic acids is 1. The van der Waals surface area contributed by atoms with E-state index in [1.54, 1.807) is 17.8 Å². The van der Waals surface area contributed by atoms with Gasteiger partial charge in [0.05, 0.1) is 17.2 Å². The van der Waals surface area contributed by atoms with Gasteiger partial charge in [0, 0.05) is 10.6 Å². The molecule has 2 N–H and O–H groups in total. The van der Waals surface area contributed by atoms with Crippen molar-refractivity contribution in [3.05, 3.63) is 36.9 Å². The molecule has 0 fully saturated rings. The van der Waals surface area contributed by atoms with E-state index in [9.17, 15) is 9.59 Å². The molecule has 0 aliphatic heterocycles. The minimum Gasteiger partial charge on any atom is -0.481 e. The maximum atomic E-state index is 11.7. The van der Waals surface area contributed by atoms with E-state index in [0.717, 1.165) is 28.1 Å². The third-order valence-electron chi connectivity index (χ3n) is 1.98. The third-order valence-corrected chi connectivity index (χ3v) is 3.96. The molecule has 0 aromatic heterocycles. The number of aliphatic carboxylic acids is 1. The van der Waals surface area contributed by atoms with Gasteiger partial charge in [-0.3, -0.25) is 9.59 Å². The van der Waals surface area contributed by atoms with Crippen LogP contribution in [0, 0.1) is 0 Å². The van der Waals surface area contributed by atoms with Crippen molar-refractivity contribution in [2.45, 2.75) is 4.90 Å². The molecule has 0 spiro atoms. The molecular formula is C13H15NO3S2. The summed E-state index contributed by atoms with van der Waals surface area (Å²) in [6.45, 7) is 3.66. The third kappa shape index (κ3) is 6.35. The monoisotopic (exact) mass is 297 g/mol. The van der Waals surface area contributed by atoms with Crippen molar-refractivity contribution in [2.24, 2.45) is 0 Å². The lowest BCUT2D eigenvalue weighted by Crippen LogP contribution is -2.15. The molecule has 19 heavy (non-hydrogen) atoms. The quantitative estimate of drug-likeness (QED) is 0.570. The molecule has 0 heterocycles. The lowest BCUT2D eigenvalue weighted by molar-refractivity contribution is -0.133. The van der Waals surface area contributed by atoms with Gasteiger partial charge in [0.2, 0.25) is 5.91 Å². The van der Waals surface area contributed by atoms with Crippen molar-refractivity contribution >= 4 is 41.1 Å². The maximum Gasteiger partial charge on any atom is 0.313 e. The molecule has 1 aromatic carbocycles. The second kappa shape index (κ2) is 8.66. The summed E-state index contributed by atoms with van der Waals surface area (Å²) >= 11 is 2.66. The predicted octanol–water partition coefficient (Wildman–Crippen LogP) is 2.72. The Labute approximate surface area is 120 Å². The van der Waals surface area contributed by atoms with Gasteiger partial charge in [-0.1, -0.05) is 18.2 Å². The highest BCUT2D eigenvalue weighted by molar-refractivity contribution is 8.00. The first-order valence-electron chi connectivity index (χ1n) is 5.55. The zero-order valence-electron chi connectivity index (χ0n) is 10.3. The van der Waals surface area contributed by atoms with Crippen molar-refractivity contribution in [2.75, 3.05) is 22.6 Å². The first-order chi connectivity index (χ1) is 9.13. The number of hydrogen-bond acceptors (Lipinski definition) is 4. The fraction of sp³-hybridized carbons (Fsp3) is 0.231. The van der Waals surface area contributed by atoms with Gasteiger partial charge in [0.15, 0.2) is 0 Å². The van der Waals surface area contributed by atoms with Crippen LogP contribution >= 0.6 is 23.5 Å². The summed E-state index contributed by atoms with van der Waals surface area (Å²) in [5, 5.41) is 11.3. The standard InChI is InChI=1S/C13H15NO3S2/c1-2-7-19-11-6-4-3-5-10(11)14-12(15)8-18-9-13(16)17/h2-6H,1,7-9H2,(H,14,15)(H,16,17). The summed E-state index contributed by atoms with van der Waals surface area (Å²) < 4.78 is 0. The summed E-state index contributed by atoms with van der Waals surface area (Å²) in [7, 11) is 0. The van der Waals surface area contributed by atoms with Gasteiger partial charge < -0.3 is 10.4 Å². The van der Waals surface area contributed by atoms with Crippen LogP contribution in [-0.4, -0.2) is 34.2 Å². The number of rotatable bonds is 8. The van der Waals surface area contributed by atoms with Crippen LogP contribution in [0.5, 0.6) is 0 Å². The lowest BCUT2D eigenvalue weighted by atomic mass is 10.3. The van der Waals surface area contributed by atoms with E-state index in [-0.39, 0.29) is 17.4 Å². The number of carbonyl (C=O) groups excluding carboxylic acids is 1. The first kappa shape index (κ1) is 15.7. The highest BCUT2D eigenvalue weighted by atomic mass is 32.2. The summed E-state index contributed by atoms with van der Waals surface area (Å²) in [6.07, 6.45) is 1.80. The molecule has 0 unspecified atom stereocenters. The minimum atomic E-state index is -0.917. The van der Waals surface area contributed by atoms with Crippen LogP contribution in [0.3, 0.4) is 0 Å². The summed E-state index contributed by atoms with van der Waals surface area (Å²) in [5.41, 5.74) is 0.746. The number of carbonyl (C=O) groups is 2. The summed E-state index contributed by atoms with van der Waals surface area (Å²) in [4.78, 5) is 23.0. The fourth-order valence-electron chi connectivity index (χ4n) is 1.26. The zero-order chi connectivity index (χ0) is 14.1. The molecule has 0 saturated carbocycles. The van der Waals surface area contributed by atoms with E-state index in [1.165, 1.54) is 0 Å². The van der Waals surface area contributed by atoms with Crippen LogP contribution in [0.2, 0.25) is 0 Å². The van der Waals surface area contributed by atoms with Gasteiger partial charge >= 0.3 is 5.97 Å². The summed E-state index contributed by atoms with van der Waals surface area (Å²) in [6, 6.07) is 7.50. The number of thioether (sulfide) groups is 2. The van der Waals surface area contributed by atoms with Crippen molar-refractivity contribution in [3.63, 3.8) is 0 Å². The van der Waals surface area contributed by atoms with Crippen LogP contribution in [0.15, 0.2) is 41.8 Å². The molecule has 1 aromatic rings. The molecule has 0 radical (unpaired) electrons. The van der Waals surface area contributed by atoms with Crippen molar-refractivity contribution in [3.8, 4) is 0 Å². The van der Waals surface area contributed by atoms with Crippen LogP contribution in [0.1, 0.15) is 0 Å². The Morgan fingerprint density at radius 1 is 1.32 bits per heavy atom. The van der Waals surface area contributed by atoms with E-state index in [2.05, 4.69) is 11.9 Å². The Bertz CT molecular complexity index is 463. The Morgan fingerprint density at radius 2 is 2.05 bits per heavy atom. The highest BCUT2D eigenvalue weighted by Crippen LogP contribution is 2.26. The average Bonchev–Trinajstić information content (AvgIpc) is 2.37. The van der Waals surface area contributed by atoms with E-state index >= 15 is 0 Å². The number of carboxylic acid groups (broad SMARTS) is 1. The average molecular weight is 297 g/mol. The van der Waals surface area contributed by atoms with Gasteiger partial charge in [0.1, 0.15) is 0 Å². The number of nitrogens with one attached hydrogen (secondary N) is 1. The van der Waals surface area contributed by atoms with Crippen molar-refractivity contribution < 1.29 is 14.7 Å². The molecular weight excluding hydrogens is 282 g/mol. The number of benzene rings is 1. The first-order valence-corrected chi connectivity index (χ1v) is 7.69. The smallest absolute Gasteiger partial charge is 0.313 e. The largest absolute Gasteiger partial charge is 0.481 e. The van der Waals surface area contributed by atoms with Crippen LogP contribution in [0.25, 0.3) is 0 Å². The topological polar surface area (TPSA) is 66.4 Å². The van der Waals surface area contributed by atoms with E-state index in [1.807, 2.05) is 24.3 Å². The minimum absolute atomic E-state index is 0.0692. The maximum absolute atomic E-state index is 11.7. The van der Waals surface area contributed by atoms with Crippen LogP contribution in [-0.2, 0) is 9.59 Å². The molecule has 0 aliphatic carbocycles. The van der Waals surface area contributed by atoms with Gasteiger partial charge in [-0.25, -0.2) is 0 Å². The van der Waals surface area contributed by atoms with Crippen LogP contribution in [0.4, 0.5) is 5.69 Å². The SMILES string of the molecule is C=CCSc1ccccc1NC(=O)CSCC(=O)O. The molecule has 102 valence electrons. The molecule has 6 heteroatoms. The fourth-order valence-corrected chi connectivity index (χ4v) is 2.54.